The van der Waals surface area contributed by atoms with E-state index in [0.717, 1.165) is 6.92 Å². The summed E-state index contributed by atoms with van der Waals surface area (Å²) < 4.78 is 50.8. The van der Waals surface area contributed by atoms with E-state index < -0.39 is 25.2 Å². The number of hydrogen-bond acceptors (Lipinski definition) is 2. The molecule has 0 aromatic rings. The number of rotatable bonds is 4. The predicted molar refractivity (Wildman–Crippen MR) is 28.4 cm³/mol. The molecular formula is C5H8F4O2. The lowest BCUT2D eigenvalue weighted by atomic mass is 10.4. The average molecular weight is 176 g/mol. The molecule has 0 unspecified atom stereocenters. The molecule has 0 rings (SSSR count). The lowest BCUT2D eigenvalue weighted by Gasteiger charge is -2.20. The van der Waals surface area contributed by atoms with E-state index in [4.69, 9.17) is 5.11 Å². The molecule has 0 saturated carbocycles. The van der Waals surface area contributed by atoms with Crippen LogP contribution in [-0.4, -0.2) is 23.9 Å². The van der Waals surface area contributed by atoms with E-state index in [0.29, 0.717) is 0 Å². The largest absolute Gasteiger partial charge is 0.387 e. The first kappa shape index (κ1) is 10.6. The smallest absolute Gasteiger partial charge is 0.383 e. The zero-order chi connectivity index (χ0) is 9.12. The molecule has 11 heavy (non-hydrogen) atoms. The van der Waals surface area contributed by atoms with E-state index in [2.05, 4.69) is 4.74 Å². The maximum Gasteiger partial charge on any atom is 0.383 e. The van der Waals surface area contributed by atoms with Crippen LogP contribution >= 0.6 is 0 Å². The van der Waals surface area contributed by atoms with Crippen LogP contribution in [0.3, 0.4) is 0 Å². The topological polar surface area (TPSA) is 29.5 Å². The Bertz CT molecular complexity index is 112. The summed E-state index contributed by atoms with van der Waals surface area (Å²) in [4.78, 5) is 0. The Morgan fingerprint density at radius 3 is 1.91 bits per heavy atom. The van der Waals surface area contributed by atoms with E-state index in [-0.39, 0.29) is 0 Å². The average Bonchev–Trinajstić information content (AvgIpc) is 1.86. The number of aliphatic hydroxyl groups is 1. The van der Waals surface area contributed by atoms with Crippen LogP contribution in [0.15, 0.2) is 0 Å². The van der Waals surface area contributed by atoms with E-state index >= 15 is 0 Å². The number of halogens is 4. The summed E-state index contributed by atoms with van der Waals surface area (Å²) in [6, 6.07) is 0. The molecule has 0 aliphatic rings. The Labute approximate surface area is 60.8 Å². The van der Waals surface area contributed by atoms with Gasteiger partial charge in [-0.3, -0.25) is 4.74 Å². The molecule has 0 aliphatic heterocycles. The maximum atomic E-state index is 12.0. The highest BCUT2D eigenvalue weighted by Crippen LogP contribution is 2.28. The Hall–Kier alpha value is -0.360. The molecule has 68 valence electrons. The van der Waals surface area contributed by atoms with Crippen molar-refractivity contribution in [2.24, 2.45) is 0 Å². The van der Waals surface area contributed by atoms with Gasteiger partial charge in [-0.05, 0) is 0 Å². The van der Waals surface area contributed by atoms with Crippen molar-refractivity contribution < 1.29 is 27.4 Å². The second-order valence-electron chi connectivity index (χ2n) is 1.89. The summed E-state index contributed by atoms with van der Waals surface area (Å²) >= 11 is 0. The van der Waals surface area contributed by atoms with Crippen LogP contribution < -0.4 is 0 Å². The van der Waals surface area contributed by atoms with Crippen LogP contribution in [0.5, 0.6) is 0 Å². The van der Waals surface area contributed by atoms with Crippen LogP contribution in [-0.2, 0) is 4.74 Å². The van der Waals surface area contributed by atoms with Crippen molar-refractivity contribution in [1.82, 2.24) is 0 Å². The number of aliphatic hydroxyl groups excluding tert-OH is 1. The fourth-order valence-electron chi connectivity index (χ4n) is 0.323. The first-order valence-electron chi connectivity index (χ1n) is 2.89. The molecule has 6 heteroatoms. The molecule has 0 saturated heterocycles. The molecule has 0 bridgehead atoms. The van der Waals surface area contributed by atoms with Gasteiger partial charge in [-0.1, -0.05) is 6.92 Å². The molecule has 0 fully saturated rings. The first-order chi connectivity index (χ1) is 4.83. The number of ether oxygens (including phenoxy) is 1. The Kier molecular flexibility index (Phi) is 3.25. The first-order valence-corrected chi connectivity index (χ1v) is 2.89. The minimum atomic E-state index is -4.17. The molecular weight excluding hydrogens is 168 g/mol. The fraction of sp³-hybridized carbons (Fsp3) is 1.00. The van der Waals surface area contributed by atoms with Crippen LogP contribution in [0, 0.1) is 0 Å². The van der Waals surface area contributed by atoms with Gasteiger partial charge in [0.05, 0.1) is 0 Å². The van der Waals surface area contributed by atoms with Gasteiger partial charge in [0.15, 0.2) is 0 Å². The molecule has 0 aromatic heterocycles. The Morgan fingerprint density at radius 1 is 1.18 bits per heavy atom. The molecule has 0 aliphatic carbocycles. The standard InChI is InChI=1S/C5H8F4O2/c1-2-4(6,7)11-5(8,9)3-10/h10H,2-3H2,1H3. The molecule has 0 radical (unpaired) electrons. The highest BCUT2D eigenvalue weighted by atomic mass is 19.3. The minimum Gasteiger partial charge on any atom is -0.387 e. The van der Waals surface area contributed by atoms with Gasteiger partial charge < -0.3 is 5.11 Å². The summed E-state index contributed by atoms with van der Waals surface area (Å²) in [6.45, 7) is -0.754. The van der Waals surface area contributed by atoms with E-state index in [1.807, 2.05) is 0 Å². The Balaban J connectivity index is 4.02. The van der Waals surface area contributed by atoms with Crippen molar-refractivity contribution >= 4 is 0 Å². The van der Waals surface area contributed by atoms with Crippen LogP contribution in [0.2, 0.25) is 0 Å². The summed E-state index contributed by atoms with van der Waals surface area (Å²) in [7, 11) is 0. The number of alkyl halides is 4. The normalized spacial score (nSPS) is 13.6. The lowest BCUT2D eigenvalue weighted by molar-refractivity contribution is -0.382. The summed E-state index contributed by atoms with van der Waals surface area (Å²) in [5.74, 6) is 0. The molecule has 2 nitrogen and oxygen atoms in total. The summed E-state index contributed by atoms with van der Waals surface area (Å²) in [5.41, 5.74) is 0. The van der Waals surface area contributed by atoms with Gasteiger partial charge in [-0.15, -0.1) is 0 Å². The third-order valence-electron chi connectivity index (χ3n) is 0.894. The molecule has 0 aromatic carbocycles. The highest BCUT2D eigenvalue weighted by Gasteiger charge is 2.42. The second kappa shape index (κ2) is 3.36. The van der Waals surface area contributed by atoms with Crippen molar-refractivity contribution in [2.75, 3.05) is 6.61 Å². The Morgan fingerprint density at radius 2 is 1.64 bits per heavy atom. The molecule has 0 spiro atoms. The van der Waals surface area contributed by atoms with Gasteiger partial charge in [-0.25, -0.2) is 0 Å². The van der Waals surface area contributed by atoms with Crippen molar-refractivity contribution in [1.29, 1.82) is 0 Å². The van der Waals surface area contributed by atoms with E-state index in [1.165, 1.54) is 0 Å². The van der Waals surface area contributed by atoms with Gasteiger partial charge in [0.2, 0.25) is 0 Å². The maximum absolute atomic E-state index is 12.0. The van der Waals surface area contributed by atoms with Crippen molar-refractivity contribution in [2.45, 2.75) is 25.6 Å². The van der Waals surface area contributed by atoms with Crippen LogP contribution in [0.4, 0.5) is 17.6 Å². The summed E-state index contributed by atoms with van der Waals surface area (Å²) in [5, 5.41) is 7.84. The van der Waals surface area contributed by atoms with E-state index in [1.54, 1.807) is 0 Å². The second-order valence-corrected chi connectivity index (χ2v) is 1.89. The highest BCUT2D eigenvalue weighted by molar-refractivity contribution is 4.55. The van der Waals surface area contributed by atoms with Crippen LogP contribution in [0.1, 0.15) is 13.3 Å². The van der Waals surface area contributed by atoms with Crippen molar-refractivity contribution in [3.8, 4) is 0 Å². The summed E-state index contributed by atoms with van der Waals surface area (Å²) in [6.07, 6.45) is -8.91. The number of hydrogen-bond donors (Lipinski definition) is 1. The van der Waals surface area contributed by atoms with Gasteiger partial charge in [0, 0.05) is 6.42 Å². The van der Waals surface area contributed by atoms with Crippen molar-refractivity contribution in [3.05, 3.63) is 0 Å². The van der Waals surface area contributed by atoms with Crippen LogP contribution in [0.25, 0.3) is 0 Å². The van der Waals surface area contributed by atoms with Gasteiger partial charge in [0.25, 0.3) is 0 Å². The van der Waals surface area contributed by atoms with Gasteiger partial charge in [0.1, 0.15) is 6.61 Å². The molecule has 1 N–H and O–H groups in total. The van der Waals surface area contributed by atoms with Crippen molar-refractivity contribution in [3.63, 3.8) is 0 Å². The molecule has 0 amide bonds. The zero-order valence-corrected chi connectivity index (χ0v) is 5.78. The molecule has 0 heterocycles. The SMILES string of the molecule is CCC(F)(F)OC(F)(F)CO. The van der Waals surface area contributed by atoms with Gasteiger partial charge >= 0.3 is 12.2 Å². The quantitative estimate of drug-likeness (QED) is 0.659. The lowest BCUT2D eigenvalue weighted by Crippen LogP contribution is -2.35. The minimum absolute atomic E-state index is 0.859. The van der Waals surface area contributed by atoms with Gasteiger partial charge in [-0.2, -0.15) is 17.6 Å². The third-order valence-corrected chi connectivity index (χ3v) is 0.894. The molecule has 0 atom stereocenters. The predicted octanol–water partition coefficient (Wildman–Crippen LogP) is 1.59. The third kappa shape index (κ3) is 4.15. The fourth-order valence-corrected chi connectivity index (χ4v) is 0.323. The van der Waals surface area contributed by atoms with E-state index in [9.17, 15) is 17.6 Å². The zero-order valence-electron chi connectivity index (χ0n) is 5.78. The monoisotopic (exact) mass is 176 g/mol.